The van der Waals surface area contributed by atoms with Crippen molar-refractivity contribution in [3.63, 3.8) is 0 Å². The van der Waals surface area contributed by atoms with E-state index in [2.05, 4.69) is 44.7 Å². The van der Waals surface area contributed by atoms with Crippen molar-refractivity contribution >= 4 is 23.4 Å². The molecule has 1 aliphatic carbocycles. The molecule has 4 aliphatic rings. The summed E-state index contributed by atoms with van der Waals surface area (Å²) in [6.45, 7) is 12.5. The average molecular weight is 690 g/mol. The van der Waals surface area contributed by atoms with E-state index in [1.165, 1.54) is 37.7 Å². The third-order valence-electron chi connectivity index (χ3n) is 10.6. The maximum Gasteiger partial charge on any atom is 0.264 e. The smallest absolute Gasteiger partial charge is 0.264 e. The van der Waals surface area contributed by atoms with E-state index in [-0.39, 0.29) is 11.9 Å². The Kier molecular flexibility index (Phi) is 13.3. The van der Waals surface area contributed by atoms with Crippen molar-refractivity contribution in [3.05, 3.63) is 64.7 Å². The molecule has 1 saturated carbocycles. The summed E-state index contributed by atoms with van der Waals surface area (Å²) >= 11 is 0. The molecule has 50 heavy (non-hydrogen) atoms. The molecule has 3 amide bonds. The number of imide groups is 1. The van der Waals surface area contributed by atoms with Gasteiger partial charge >= 0.3 is 0 Å². The van der Waals surface area contributed by atoms with E-state index in [4.69, 9.17) is 14.2 Å². The number of piperidine rings is 1. The van der Waals surface area contributed by atoms with Gasteiger partial charge in [-0.25, -0.2) is 0 Å². The van der Waals surface area contributed by atoms with Crippen LogP contribution in [0.3, 0.4) is 0 Å². The first-order chi connectivity index (χ1) is 24.5. The van der Waals surface area contributed by atoms with E-state index in [1.807, 2.05) is 13.0 Å². The van der Waals surface area contributed by atoms with Crippen LogP contribution in [0, 0.1) is 5.92 Å². The molecule has 2 unspecified atom stereocenters. The number of hydrogen-bond donors (Lipinski definition) is 2. The molecule has 3 heterocycles. The first kappa shape index (κ1) is 36.4. The Balaban J connectivity index is 0.845. The molecular weight excluding hydrogens is 634 g/mol. The normalized spacial score (nSPS) is 21.9. The summed E-state index contributed by atoms with van der Waals surface area (Å²) in [6, 6.07) is 13.1. The van der Waals surface area contributed by atoms with E-state index in [9.17, 15) is 14.4 Å². The first-order valence-electron chi connectivity index (χ1n) is 18.8. The Labute approximate surface area is 297 Å². The van der Waals surface area contributed by atoms with Crippen LogP contribution in [0.15, 0.2) is 42.5 Å². The number of anilines is 1. The van der Waals surface area contributed by atoms with Crippen molar-refractivity contribution in [2.45, 2.75) is 77.0 Å². The third kappa shape index (κ3) is 9.70. The number of ether oxygens (including phenoxy) is 3. The molecule has 11 heteroatoms. The van der Waals surface area contributed by atoms with Gasteiger partial charge in [-0.1, -0.05) is 56.0 Å². The average Bonchev–Trinajstić information content (AvgIpc) is 3.74. The van der Waals surface area contributed by atoms with Crippen LogP contribution in [0.1, 0.15) is 83.7 Å². The summed E-state index contributed by atoms with van der Waals surface area (Å²) in [7, 11) is 0. The Morgan fingerprint density at radius 1 is 0.740 bits per heavy atom. The van der Waals surface area contributed by atoms with Crippen LogP contribution < -0.4 is 10.6 Å². The fraction of sp³-hybridized carbons (Fsp3) is 0.615. The zero-order valence-electron chi connectivity index (χ0n) is 29.7. The van der Waals surface area contributed by atoms with Crippen molar-refractivity contribution in [3.8, 4) is 0 Å². The molecule has 11 nitrogen and oxygen atoms in total. The van der Waals surface area contributed by atoms with Gasteiger partial charge in [0.1, 0.15) is 6.04 Å². The minimum Gasteiger partial charge on any atom is -0.380 e. The number of fused-ring (bicyclic) bond motifs is 1. The van der Waals surface area contributed by atoms with Crippen LogP contribution in [0.2, 0.25) is 0 Å². The predicted molar refractivity (Wildman–Crippen MR) is 192 cm³/mol. The van der Waals surface area contributed by atoms with Gasteiger partial charge in [-0.05, 0) is 55.4 Å². The third-order valence-corrected chi connectivity index (χ3v) is 10.6. The number of amides is 3. The van der Waals surface area contributed by atoms with Crippen LogP contribution in [0.5, 0.6) is 0 Å². The molecular formula is C39H55N5O6. The Morgan fingerprint density at radius 3 is 2.12 bits per heavy atom. The number of benzene rings is 2. The second-order valence-electron chi connectivity index (χ2n) is 14.3. The number of nitrogens with zero attached hydrogens (tertiary/aromatic N) is 3. The lowest BCUT2D eigenvalue weighted by molar-refractivity contribution is -0.127. The number of carbonyl (C=O) groups excluding carboxylic acids is 3. The van der Waals surface area contributed by atoms with Gasteiger partial charge in [-0.2, -0.15) is 0 Å². The molecule has 3 fully saturated rings. The number of piperazine rings is 1. The zero-order chi connectivity index (χ0) is 34.7. The highest BCUT2D eigenvalue weighted by Gasteiger charge is 2.45. The van der Waals surface area contributed by atoms with Crippen LogP contribution in [0.4, 0.5) is 5.69 Å². The van der Waals surface area contributed by atoms with Gasteiger partial charge in [0.2, 0.25) is 5.91 Å². The van der Waals surface area contributed by atoms with Crippen LogP contribution in [-0.2, 0) is 32.1 Å². The maximum atomic E-state index is 13.4. The summed E-state index contributed by atoms with van der Waals surface area (Å²) in [5.41, 5.74) is 3.65. The molecule has 6 rings (SSSR count). The quantitative estimate of drug-likeness (QED) is 0.175. The standard InChI is InChI=1S/C39H55N5O6/c1-29-9-14-35(37(45)41-29)44-38(46)33-7-4-8-34(36(33)39(44)47)40-27-31-10-12-32(13-11-31)28-43-18-16-42(17-19-43)20-22-49-24-26-50-25-23-48-21-15-30-5-2-3-6-30/h4,7-8,10-13,29-30,35,40H,2-3,5-6,9,14-28H2,1H3,(H,41,45). The molecule has 0 aromatic heterocycles. The highest BCUT2D eigenvalue weighted by Crippen LogP contribution is 2.33. The SMILES string of the molecule is CC1CCC(N2C(=O)c3cccc(NCc4ccc(CN5CCN(CCOCCOCCOCCC6CCCC6)CC5)cc4)c3C2=O)C(=O)N1. The number of carbonyl (C=O) groups is 3. The zero-order valence-corrected chi connectivity index (χ0v) is 29.7. The van der Waals surface area contributed by atoms with Crippen molar-refractivity contribution in [2.75, 3.05) is 77.7 Å². The van der Waals surface area contributed by atoms with E-state index in [0.717, 1.165) is 75.3 Å². The van der Waals surface area contributed by atoms with E-state index >= 15 is 0 Å². The van der Waals surface area contributed by atoms with Gasteiger partial charge in [0.05, 0.1) is 44.2 Å². The Bertz CT molecular complexity index is 1420. The van der Waals surface area contributed by atoms with E-state index in [1.54, 1.807) is 12.1 Å². The molecule has 2 atom stereocenters. The maximum absolute atomic E-state index is 13.4. The highest BCUT2D eigenvalue weighted by molar-refractivity contribution is 6.25. The topological polar surface area (TPSA) is 113 Å². The van der Waals surface area contributed by atoms with Crippen molar-refractivity contribution in [1.29, 1.82) is 0 Å². The van der Waals surface area contributed by atoms with Gasteiger partial charge in [0, 0.05) is 64.1 Å². The van der Waals surface area contributed by atoms with Gasteiger partial charge < -0.3 is 24.8 Å². The Hall–Kier alpha value is -3.35. The lowest BCUT2D eigenvalue weighted by Gasteiger charge is -2.34. The van der Waals surface area contributed by atoms with E-state index in [0.29, 0.717) is 56.2 Å². The lowest BCUT2D eigenvalue weighted by Crippen LogP contribution is -2.55. The monoisotopic (exact) mass is 689 g/mol. The molecule has 0 spiro atoms. The molecule has 2 saturated heterocycles. The summed E-state index contributed by atoms with van der Waals surface area (Å²) in [5.74, 6) is -0.190. The summed E-state index contributed by atoms with van der Waals surface area (Å²) < 4.78 is 17.2. The number of nitrogens with one attached hydrogen (secondary N) is 2. The van der Waals surface area contributed by atoms with Crippen molar-refractivity contribution in [1.82, 2.24) is 20.0 Å². The summed E-state index contributed by atoms with van der Waals surface area (Å²) in [6.07, 6.45) is 7.94. The van der Waals surface area contributed by atoms with Gasteiger partial charge in [0.15, 0.2) is 0 Å². The minimum atomic E-state index is -0.766. The van der Waals surface area contributed by atoms with Gasteiger partial charge in [-0.3, -0.25) is 29.1 Å². The van der Waals surface area contributed by atoms with Crippen molar-refractivity contribution < 1.29 is 28.6 Å². The van der Waals surface area contributed by atoms with Crippen LogP contribution in [-0.4, -0.2) is 117 Å². The molecule has 2 N–H and O–H groups in total. The van der Waals surface area contributed by atoms with Crippen LogP contribution >= 0.6 is 0 Å². The molecule has 272 valence electrons. The lowest BCUT2D eigenvalue weighted by atomic mass is 10.00. The van der Waals surface area contributed by atoms with Gasteiger partial charge in [0.25, 0.3) is 11.8 Å². The number of hydrogen-bond acceptors (Lipinski definition) is 9. The second-order valence-corrected chi connectivity index (χ2v) is 14.3. The Morgan fingerprint density at radius 2 is 1.40 bits per heavy atom. The van der Waals surface area contributed by atoms with Crippen molar-refractivity contribution in [2.24, 2.45) is 5.92 Å². The fourth-order valence-corrected chi connectivity index (χ4v) is 7.60. The van der Waals surface area contributed by atoms with Crippen LogP contribution in [0.25, 0.3) is 0 Å². The molecule has 2 aromatic carbocycles. The van der Waals surface area contributed by atoms with E-state index < -0.39 is 17.9 Å². The molecule has 0 radical (unpaired) electrons. The van der Waals surface area contributed by atoms with Gasteiger partial charge in [-0.15, -0.1) is 0 Å². The highest BCUT2D eigenvalue weighted by atomic mass is 16.5. The second kappa shape index (κ2) is 18.2. The predicted octanol–water partition coefficient (Wildman–Crippen LogP) is 4.31. The summed E-state index contributed by atoms with van der Waals surface area (Å²) in [4.78, 5) is 45.4. The minimum absolute atomic E-state index is 0.0428. The summed E-state index contributed by atoms with van der Waals surface area (Å²) in [5, 5.41) is 6.24. The first-order valence-corrected chi connectivity index (χ1v) is 18.8. The number of rotatable bonds is 18. The molecule has 3 aliphatic heterocycles. The molecule has 2 aromatic rings. The molecule has 0 bridgehead atoms. The largest absolute Gasteiger partial charge is 0.380 e. The fourth-order valence-electron chi connectivity index (χ4n) is 7.60.